The number of hydrogen-bond acceptors (Lipinski definition) is 6. The number of nitrogens with one attached hydrogen (secondary N) is 2. The van der Waals surface area contributed by atoms with Crippen molar-refractivity contribution < 1.29 is 9.59 Å². The van der Waals surface area contributed by atoms with Crippen molar-refractivity contribution in [2.75, 3.05) is 0 Å². The molecular formula is C24H21N7O4. The number of rotatable bonds is 5. The summed E-state index contributed by atoms with van der Waals surface area (Å²) in [6.07, 6.45) is 3.63. The van der Waals surface area contributed by atoms with Gasteiger partial charge in [-0.1, -0.05) is 48.5 Å². The lowest BCUT2D eigenvalue weighted by atomic mass is 10.2. The van der Waals surface area contributed by atoms with Crippen molar-refractivity contribution in [1.82, 2.24) is 34.8 Å². The molecule has 0 spiro atoms. The van der Waals surface area contributed by atoms with Crippen molar-refractivity contribution in [3.8, 4) is 17.1 Å². The first-order chi connectivity index (χ1) is 16.8. The summed E-state index contributed by atoms with van der Waals surface area (Å²) in [5.74, 6) is -1.11. The Balaban J connectivity index is 1.51. The fraction of sp³-hybridized carbons (Fsp3) is 0.0833. The highest BCUT2D eigenvalue weighted by Crippen LogP contribution is 2.20. The van der Waals surface area contributed by atoms with Crippen molar-refractivity contribution in [2.45, 2.75) is 0 Å². The number of aryl methyl sites for hydroxylation is 1. The standard InChI is InChI=1S/C24H21N7O4/c1-29-15-17(23(34)30(2)24(29)35)13-14-19(32)26-27-22(33)20-25-21(16-9-5-3-6-10-16)31(28-20)18-11-7-4-8-12-18/h3-15H,1-2H3,(H,26,32)(H,27,33)/b14-13+. The summed E-state index contributed by atoms with van der Waals surface area (Å²) in [6.45, 7) is 0. The van der Waals surface area contributed by atoms with Gasteiger partial charge < -0.3 is 4.57 Å². The van der Waals surface area contributed by atoms with Crippen LogP contribution in [0.3, 0.4) is 0 Å². The highest BCUT2D eigenvalue weighted by molar-refractivity contribution is 5.96. The van der Waals surface area contributed by atoms with E-state index in [4.69, 9.17) is 0 Å². The molecule has 2 N–H and O–H groups in total. The van der Waals surface area contributed by atoms with Gasteiger partial charge in [-0.05, 0) is 18.2 Å². The molecule has 11 nitrogen and oxygen atoms in total. The zero-order chi connectivity index (χ0) is 24.9. The predicted octanol–water partition coefficient (Wildman–Crippen LogP) is 0.806. The van der Waals surface area contributed by atoms with E-state index in [0.717, 1.165) is 16.2 Å². The molecule has 2 aromatic carbocycles. The topological polar surface area (TPSA) is 133 Å². The van der Waals surface area contributed by atoms with Gasteiger partial charge in [-0.25, -0.2) is 14.5 Å². The van der Waals surface area contributed by atoms with Crippen molar-refractivity contribution >= 4 is 17.9 Å². The van der Waals surface area contributed by atoms with Gasteiger partial charge in [0, 0.05) is 31.9 Å². The van der Waals surface area contributed by atoms with E-state index in [1.165, 1.54) is 30.9 Å². The Labute approximate surface area is 199 Å². The summed E-state index contributed by atoms with van der Waals surface area (Å²) in [5.41, 5.74) is 5.05. The molecule has 0 radical (unpaired) electrons. The van der Waals surface area contributed by atoms with Crippen molar-refractivity contribution in [3.63, 3.8) is 0 Å². The van der Waals surface area contributed by atoms with Gasteiger partial charge in [-0.3, -0.25) is 29.8 Å². The Morgan fingerprint density at radius 1 is 0.914 bits per heavy atom. The van der Waals surface area contributed by atoms with Crippen molar-refractivity contribution in [3.05, 3.63) is 105 Å². The van der Waals surface area contributed by atoms with Gasteiger partial charge in [0.25, 0.3) is 11.5 Å². The van der Waals surface area contributed by atoms with Crippen LogP contribution >= 0.6 is 0 Å². The van der Waals surface area contributed by atoms with Gasteiger partial charge in [0.2, 0.25) is 5.82 Å². The van der Waals surface area contributed by atoms with Crippen LogP contribution in [0.5, 0.6) is 0 Å². The van der Waals surface area contributed by atoms with E-state index in [1.54, 1.807) is 4.68 Å². The second-order valence-corrected chi connectivity index (χ2v) is 7.49. The van der Waals surface area contributed by atoms with Gasteiger partial charge in [0.1, 0.15) is 0 Å². The molecule has 0 saturated carbocycles. The number of para-hydroxylation sites is 1. The number of carbonyl (C=O) groups is 2. The minimum absolute atomic E-state index is 0.131. The number of carbonyl (C=O) groups excluding carboxylic acids is 2. The molecule has 0 fully saturated rings. The van der Waals surface area contributed by atoms with Crippen LogP contribution in [0.25, 0.3) is 23.2 Å². The van der Waals surface area contributed by atoms with Crippen molar-refractivity contribution in [1.29, 1.82) is 0 Å². The molecule has 0 aliphatic rings. The van der Waals surface area contributed by atoms with E-state index in [2.05, 4.69) is 20.9 Å². The van der Waals surface area contributed by atoms with Crippen LogP contribution < -0.4 is 22.1 Å². The van der Waals surface area contributed by atoms with Gasteiger partial charge in [-0.15, -0.1) is 5.10 Å². The van der Waals surface area contributed by atoms with Crippen LogP contribution in [0.15, 0.2) is 82.5 Å². The van der Waals surface area contributed by atoms with E-state index < -0.39 is 23.1 Å². The molecule has 0 unspecified atom stereocenters. The summed E-state index contributed by atoms with van der Waals surface area (Å²) in [6, 6.07) is 18.5. The third-order valence-corrected chi connectivity index (χ3v) is 5.03. The summed E-state index contributed by atoms with van der Waals surface area (Å²) < 4.78 is 3.69. The third-order valence-electron chi connectivity index (χ3n) is 5.03. The lowest BCUT2D eigenvalue weighted by molar-refractivity contribution is -0.117. The molecule has 2 amide bonds. The molecule has 2 heterocycles. The fourth-order valence-electron chi connectivity index (χ4n) is 3.26. The Morgan fingerprint density at radius 3 is 2.26 bits per heavy atom. The highest BCUT2D eigenvalue weighted by atomic mass is 16.2. The van der Waals surface area contributed by atoms with Crippen LogP contribution in [-0.2, 0) is 18.9 Å². The second-order valence-electron chi connectivity index (χ2n) is 7.49. The van der Waals surface area contributed by atoms with Crippen LogP contribution in [0.2, 0.25) is 0 Å². The third kappa shape index (κ3) is 4.98. The summed E-state index contributed by atoms with van der Waals surface area (Å²) >= 11 is 0. The number of hydrazine groups is 1. The second kappa shape index (κ2) is 9.83. The first-order valence-electron chi connectivity index (χ1n) is 10.5. The van der Waals surface area contributed by atoms with E-state index in [1.807, 2.05) is 60.7 Å². The highest BCUT2D eigenvalue weighted by Gasteiger charge is 2.19. The van der Waals surface area contributed by atoms with E-state index in [9.17, 15) is 19.2 Å². The lowest BCUT2D eigenvalue weighted by Gasteiger charge is -2.05. The molecule has 0 bridgehead atoms. The monoisotopic (exact) mass is 471 g/mol. The zero-order valence-electron chi connectivity index (χ0n) is 18.9. The molecule has 4 aromatic rings. The first-order valence-corrected chi connectivity index (χ1v) is 10.5. The Kier molecular flexibility index (Phi) is 6.49. The molecule has 0 saturated heterocycles. The molecule has 176 valence electrons. The van der Waals surface area contributed by atoms with Gasteiger partial charge in [0.05, 0.1) is 11.3 Å². The Hall–Kier alpha value is -5.06. The number of nitrogens with zero attached hydrogens (tertiary/aromatic N) is 5. The molecule has 4 rings (SSSR count). The predicted molar refractivity (Wildman–Crippen MR) is 128 cm³/mol. The first kappa shape index (κ1) is 23.1. The maximum atomic E-state index is 12.7. The minimum atomic E-state index is -0.725. The molecule has 0 aliphatic heterocycles. The molecule has 0 aliphatic carbocycles. The van der Waals surface area contributed by atoms with Crippen LogP contribution in [0, 0.1) is 0 Å². The van der Waals surface area contributed by atoms with E-state index >= 15 is 0 Å². The normalized spacial score (nSPS) is 10.9. The SMILES string of the molecule is Cn1cc(/C=C/C(=O)NNC(=O)c2nc(-c3ccccc3)n(-c3ccccc3)n2)c(=O)n(C)c1=O. The Morgan fingerprint density at radius 2 is 1.57 bits per heavy atom. The quantitative estimate of drug-likeness (QED) is 0.327. The summed E-state index contributed by atoms with van der Waals surface area (Å²) in [4.78, 5) is 53.1. The molecule has 2 aromatic heterocycles. The van der Waals surface area contributed by atoms with Crippen LogP contribution in [0.1, 0.15) is 16.2 Å². The maximum absolute atomic E-state index is 12.7. The maximum Gasteiger partial charge on any atom is 0.330 e. The average Bonchev–Trinajstić information content (AvgIpc) is 3.34. The largest absolute Gasteiger partial charge is 0.330 e. The number of amides is 2. The molecule has 11 heteroatoms. The molecule has 35 heavy (non-hydrogen) atoms. The lowest BCUT2D eigenvalue weighted by Crippen LogP contribution is -2.41. The fourth-order valence-corrected chi connectivity index (χ4v) is 3.26. The summed E-state index contributed by atoms with van der Waals surface area (Å²) in [5, 5.41) is 4.32. The average molecular weight is 471 g/mol. The van der Waals surface area contributed by atoms with Crippen LogP contribution in [0.4, 0.5) is 0 Å². The smallest absolute Gasteiger partial charge is 0.303 e. The van der Waals surface area contributed by atoms with E-state index in [-0.39, 0.29) is 11.4 Å². The minimum Gasteiger partial charge on any atom is -0.303 e. The summed E-state index contributed by atoms with van der Waals surface area (Å²) in [7, 11) is 2.83. The van der Waals surface area contributed by atoms with Crippen LogP contribution in [-0.4, -0.2) is 35.7 Å². The molecule has 0 atom stereocenters. The number of aromatic nitrogens is 5. The Bertz CT molecular complexity index is 1480. The van der Waals surface area contributed by atoms with Gasteiger partial charge >= 0.3 is 11.6 Å². The zero-order valence-corrected chi connectivity index (χ0v) is 18.9. The number of hydrogen-bond donors (Lipinski definition) is 2. The van der Waals surface area contributed by atoms with E-state index in [0.29, 0.717) is 11.5 Å². The van der Waals surface area contributed by atoms with Gasteiger partial charge in [0.15, 0.2) is 5.82 Å². The molecular weight excluding hydrogens is 450 g/mol. The van der Waals surface area contributed by atoms with Gasteiger partial charge in [-0.2, -0.15) is 0 Å². The number of benzene rings is 2. The van der Waals surface area contributed by atoms with Crippen molar-refractivity contribution in [2.24, 2.45) is 14.1 Å².